The quantitative estimate of drug-likeness (QED) is 0.196. The van der Waals surface area contributed by atoms with Crippen molar-refractivity contribution >= 4 is 45.5 Å². The van der Waals surface area contributed by atoms with E-state index in [-0.39, 0.29) is 23.4 Å². The van der Waals surface area contributed by atoms with Gasteiger partial charge in [0.25, 0.3) is 11.8 Å². The zero-order valence-corrected chi connectivity index (χ0v) is 21.8. The SMILES string of the molecule is CCNCc1ccc(NC(=O)c2ccc(C)c(NC(=O)c3cnc(Nc4ccccn4)s3)c2)cc1C(F)(F)F. The van der Waals surface area contributed by atoms with Gasteiger partial charge in [-0.05, 0) is 61.0 Å². The monoisotopic (exact) mass is 554 g/mol. The summed E-state index contributed by atoms with van der Waals surface area (Å²) in [5.41, 5.74) is 0.531. The van der Waals surface area contributed by atoms with Gasteiger partial charge < -0.3 is 21.3 Å². The summed E-state index contributed by atoms with van der Waals surface area (Å²) < 4.78 is 40.8. The molecular weight excluding hydrogens is 529 g/mol. The highest BCUT2D eigenvalue weighted by Gasteiger charge is 2.33. The minimum Gasteiger partial charge on any atom is -0.322 e. The van der Waals surface area contributed by atoms with Gasteiger partial charge in [0.1, 0.15) is 10.7 Å². The van der Waals surface area contributed by atoms with Gasteiger partial charge in [0.2, 0.25) is 0 Å². The van der Waals surface area contributed by atoms with Gasteiger partial charge in [0.05, 0.1) is 11.8 Å². The van der Waals surface area contributed by atoms with E-state index >= 15 is 0 Å². The number of aromatic nitrogens is 2. The summed E-state index contributed by atoms with van der Waals surface area (Å²) in [6.07, 6.45) is -1.52. The van der Waals surface area contributed by atoms with Crippen molar-refractivity contribution in [2.45, 2.75) is 26.6 Å². The largest absolute Gasteiger partial charge is 0.416 e. The van der Waals surface area contributed by atoms with Gasteiger partial charge in [-0.15, -0.1) is 0 Å². The smallest absolute Gasteiger partial charge is 0.322 e. The second-order valence-electron chi connectivity index (χ2n) is 8.46. The summed E-state index contributed by atoms with van der Waals surface area (Å²) in [6.45, 7) is 4.14. The van der Waals surface area contributed by atoms with Gasteiger partial charge in [0, 0.05) is 29.7 Å². The zero-order chi connectivity index (χ0) is 28.0. The van der Waals surface area contributed by atoms with Gasteiger partial charge in [0.15, 0.2) is 5.13 Å². The first-order valence-corrected chi connectivity index (χ1v) is 12.7. The Labute approximate surface area is 226 Å². The van der Waals surface area contributed by atoms with Gasteiger partial charge in [-0.2, -0.15) is 13.2 Å². The molecule has 0 aliphatic rings. The molecular formula is C27H25F3N6O2S. The van der Waals surface area contributed by atoms with Crippen LogP contribution in [0.2, 0.25) is 0 Å². The number of benzene rings is 2. The molecule has 0 atom stereocenters. The Balaban J connectivity index is 1.47. The topological polar surface area (TPSA) is 108 Å². The van der Waals surface area contributed by atoms with E-state index in [1.807, 2.05) is 6.07 Å². The van der Waals surface area contributed by atoms with E-state index < -0.39 is 23.6 Å². The average Bonchev–Trinajstić information content (AvgIpc) is 3.37. The van der Waals surface area contributed by atoms with Crippen molar-refractivity contribution in [3.63, 3.8) is 0 Å². The standard InChI is InChI=1S/C27H25F3N6O2S/c1-3-31-14-18-9-10-19(13-20(18)27(28,29)30)34-24(37)17-8-7-16(2)21(12-17)35-25(38)22-15-33-26(39-22)36-23-6-4-5-11-32-23/h4-13,15,31H,3,14H2,1-2H3,(H,34,37)(H,35,38)(H,32,33,36). The molecule has 0 unspecified atom stereocenters. The molecule has 2 amide bonds. The minimum atomic E-state index is -4.57. The minimum absolute atomic E-state index is 0.0105. The first-order valence-electron chi connectivity index (χ1n) is 11.9. The van der Waals surface area contributed by atoms with E-state index in [0.29, 0.717) is 33.6 Å². The highest BCUT2D eigenvalue weighted by Crippen LogP contribution is 2.34. The molecule has 2 aromatic heterocycles. The molecule has 0 saturated carbocycles. The van der Waals surface area contributed by atoms with Crippen LogP contribution in [-0.4, -0.2) is 28.3 Å². The second kappa shape index (κ2) is 12.0. The molecule has 4 aromatic rings. The summed E-state index contributed by atoms with van der Waals surface area (Å²) in [4.78, 5) is 34.4. The predicted octanol–water partition coefficient (Wildman–Crippen LogP) is 6.22. The molecule has 4 N–H and O–H groups in total. The van der Waals surface area contributed by atoms with Gasteiger partial charge in [-0.3, -0.25) is 9.59 Å². The third-order valence-electron chi connectivity index (χ3n) is 5.62. The lowest BCUT2D eigenvalue weighted by Crippen LogP contribution is -2.18. The van der Waals surface area contributed by atoms with E-state index in [0.717, 1.165) is 17.4 Å². The maximum atomic E-state index is 13.6. The van der Waals surface area contributed by atoms with Crippen LogP contribution in [0.15, 0.2) is 67.0 Å². The highest BCUT2D eigenvalue weighted by atomic mass is 32.1. The van der Waals surface area contributed by atoms with Gasteiger partial charge in [-0.25, -0.2) is 9.97 Å². The van der Waals surface area contributed by atoms with E-state index in [1.165, 1.54) is 30.5 Å². The van der Waals surface area contributed by atoms with Crippen molar-refractivity contribution in [1.29, 1.82) is 0 Å². The summed E-state index contributed by atoms with van der Waals surface area (Å²) in [5, 5.41) is 11.7. The normalized spacial score (nSPS) is 11.2. The maximum Gasteiger partial charge on any atom is 0.416 e. The first kappa shape index (κ1) is 27.7. The fourth-order valence-corrected chi connectivity index (χ4v) is 4.32. The van der Waals surface area contributed by atoms with Gasteiger partial charge in [-0.1, -0.05) is 36.5 Å². The van der Waals surface area contributed by atoms with E-state index in [9.17, 15) is 22.8 Å². The molecule has 0 bridgehead atoms. The fourth-order valence-electron chi connectivity index (χ4n) is 3.60. The maximum absolute atomic E-state index is 13.6. The molecule has 0 aliphatic carbocycles. The number of aryl methyl sites for hydroxylation is 1. The Morgan fingerprint density at radius 2 is 1.79 bits per heavy atom. The molecule has 39 heavy (non-hydrogen) atoms. The molecule has 202 valence electrons. The Kier molecular flexibility index (Phi) is 8.57. The number of hydrogen-bond donors (Lipinski definition) is 4. The summed E-state index contributed by atoms with van der Waals surface area (Å²) in [5.74, 6) is -0.450. The van der Waals surface area contributed by atoms with Gasteiger partial charge >= 0.3 is 6.18 Å². The number of carbonyl (C=O) groups excluding carboxylic acids is 2. The molecule has 0 spiro atoms. The number of anilines is 4. The lowest BCUT2D eigenvalue weighted by molar-refractivity contribution is -0.138. The second-order valence-corrected chi connectivity index (χ2v) is 9.49. The molecule has 2 aromatic carbocycles. The predicted molar refractivity (Wildman–Crippen MR) is 146 cm³/mol. The number of alkyl halides is 3. The highest BCUT2D eigenvalue weighted by molar-refractivity contribution is 7.17. The van der Waals surface area contributed by atoms with Crippen LogP contribution in [0.1, 0.15) is 43.6 Å². The fraction of sp³-hybridized carbons (Fsp3) is 0.185. The number of halogens is 3. The number of carbonyl (C=O) groups is 2. The zero-order valence-electron chi connectivity index (χ0n) is 21.0. The molecule has 0 aliphatic heterocycles. The Morgan fingerprint density at radius 3 is 2.51 bits per heavy atom. The molecule has 4 rings (SSSR count). The summed E-state index contributed by atoms with van der Waals surface area (Å²) in [7, 11) is 0. The van der Waals surface area contributed by atoms with Crippen LogP contribution in [0, 0.1) is 6.92 Å². The Bertz CT molecular complexity index is 1470. The molecule has 2 heterocycles. The first-order chi connectivity index (χ1) is 18.6. The van der Waals surface area contributed by atoms with E-state index in [2.05, 4.69) is 31.2 Å². The van der Waals surface area contributed by atoms with E-state index in [1.54, 1.807) is 38.2 Å². The third kappa shape index (κ3) is 7.18. The number of nitrogens with zero attached hydrogens (tertiary/aromatic N) is 2. The van der Waals surface area contributed by atoms with Crippen LogP contribution < -0.4 is 21.3 Å². The summed E-state index contributed by atoms with van der Waals surface area (Å²) >= 11 is 1.13. The molecule has 12 heteroatoms. The Hall–Kier alpha value is -4.29. The van der Waals surface area contributed by atoms with E-state index in [4.69, 9.17) is 0 Å². The lowest BCUT2D eigenvalue weighted by atomic mass is 10.1. The van der Waals surface area contributed by atoms with Crippen molar-refractivity contribution in [3.8, 4) is 0 Å². The van der Waals surface area contributed by atoms with Crippen LogP contribution in [0.4, 0.5) is 35.5 Å². The number of amides is 2. The van der Waals surface area contributed by atoms with Crippen LogP contribution in [-0.2, 0) is 12.7 Å². The number of rotatable bonds is 9. The third-order valence-corrected chi connectivity index (χ3v) is 6.53. The average molecular weight is 555 g/mol. The van der Waals surface area contributed by atoms with Crippen LogP contribution >= 0.6 is 11.3 Å². The van der Waals surface area contributed by atoms with Crippen molar-refractivity contribution in [1.82, 2.24) is 15.3 Å². The van der Waals surface area contributed by atoms with Crippen LogP contribution in [0.3, 0.4) is 0 Å². The molecule has 0 radical (unpaired) electrons. The molecule has 8 nitrogen and oxygen atoms in total. The van der Waals surface area contributed by atoms with Crippen molar-refractivity contribution in [3.05, 3.63) is 94.1 Å². The molecule has 0 saturated heterocycles. The molecule has 0 fully saturated rings. The lowest BCUT2D eigenvalue weighted by Gasteiger charge is -2.16. The number of hydrogen-bond acceptors (Lipinski definition) is 7. The van der Waals surface area contributed by atoms with Crippen LogP contribution in [0.25, 0.3) is 0 Å². The van der Waals surface area contributed by atoms with Crippen molar-refractivity contribution < 1.29 is 22.8 Å². The van der Waals surface area contributed by atoms with Crippen LogP contribution in [0.5, 0.6) is 0 Å². The number of nitrogens with one attached hydrogen (secondary N) is 4. The van der Waals surface area contributed by atoms with Crippen molar-refractivity contribution in [2.24, 2.45) is 0 Å². The Morgan fingerprint density at radius 1 is 0.974 bits per heavy atom. The number of pyridine rings is 1. The van der Waals surface area contributed by atoms with Crippen molar-refractivity contribution in [2.75, 3.05) is 22.5 Å². The summed E-state index contributed by atoms with van der Waals surface area (Å²) in [6, 6.07) is 13.7. The number of thiazole rings is 1.